The second-order valence-corrected chi connectivity index (χ2v) is 11.6. The highest BCUT2D eigenvalue weighted by molar-refractivity contribution is 7.92. The van der Waals surface area contributed by atoms with Crippen LogP contribution in [0, 0.1) is 0 Å². The highest BCUT2D eigenvalue weighted by Crippen LogP contribution is 2.27. The van der Waals surface area contributed by atoms with Crippen LogP contribution in [0.3, 0.4) is 0 Å². The lowest BCUT2D eigenvalue weighted by Crippen LogP contribution is -2.52. The summed E-state index contributed by atoms with van der Waals surface area (Å²) in [6.45, 7) is -0.514. The lowest BCUT2D eigenvalue weighted by molar-refractivity contribution is -0.139. The Morgan fingerprint density at radius 1 is 0.865 bits per heavy atom. The topological polar surface area (TPSA) is 86.8 Å². The molecule has 0 bridgehead atoms. The number of anilines is 1. The maximum absolute atomic E-state index is 13.8. The summed E-state index contributed by atoms with van der Waals surface area (Å²) in [7, 11) is -2.43. The van der Waals surface area contributed by atoms with Crippen LogP contribution in [-0.4, -0.2) is 51.0 Å². The van der Waals surface area contributed by atoms with Gasteiger partial charge in [-0.25, -0.2) is 8.42 Å². The van der Waals surface area contributed by atoms with Crippen molar-refractivity contribution in [3.05, 3.63) is 99.0 Å². The highest BCUT2D eigenvalue weighted by Gasteiger charge is 2.32. The fraction of sp³-hybridized carbons (Fsp3) is 0.231. The van der Waals surface area contributed by atoms with E-state index in [2.05, 4.69) is 5.32 Å². The van der Waals surface area contributed by atoms with E-state index in [4.69, 9.17) is 34.8 Å². The number of carbonyl (C=O) groups excluding carboxylic acids is 2. The summed E-state index contributed by atoms with van der Waals surface area (Å²) in [6.07, 6.45) is 1.21. The maximum atomic E-state index is 13.8. The van der Waals surface area contributed by atoms with Gasteiger partial charge in [-0.3, -0.25) is 13.9 Å². The zero-order valence-electron chi connectivity index (χ0n) is 20.2. The summed E-state index contributed by atoms with van der Waals surface area (Å²) >= 11 is 18.2. The van der Waals surface area contributed by atoms with Gasteiger partial charge in [-0.15, -0.1) is 0 Å². The van der Waals surface area contributed by atoms with Gasteiger partial charge in [0.05, 0.1) is 11.9 Å². The minimum absolute atomic E-state index is 0.0504. The van der Waals surface area contributed by atoms with Crippen molar-refractivity contribution in [1.29, 1.82) is 0 Å². The van der Waals surface area contributed by atoms with Crippen LogP contribution in [0.2, 0.25) is 15.1 Å². The highest BCUT2D eigenvalue weighted by atomic mass is 35.5. The van der Waals surface area contributed by atoms with Crippen molar-refractivity contribution in [2.45, 2.75) is 19.0 Å². The van der Waals surface area contributed by atoms with E-state index in [1.165, 1.54) is 30.1 Å². The van der Waals surface area contributed by atoms with E-state index in [0.29, 0.717) is 5.02 Å². The molecule has 1 unspecified atom stereocenters. The summed E-state index contributed by atoms with van der Waals surface area (Å²) in [5.41, 5.74) is 1.70. The van der Waals surface area contributed by atoms with Crippen LogP contribution >= 0.6 is 34.8 Å². The fourth-order valence-electron chi connectivity index (χ4n) is 3.80. The number of likely N-dealkylation sites (N-methyl/N-ethyl adjacent to an activating group) is 1. The van der Waals surface area contributed by atoms with Gasteiger partial charge in [-0.1, -0.05) is 77.3 Å². The van der Waals surface area contributed by atoms with Crippen LogP contribution in [0.4, 0.5) is 5.69 Å². The quantitative estimate of drug-likeness (QED) is 0.372. The molecular formula is C26H26Cl3N3O4S. The molecule has 3 aromatic rings. The Kier molecular flexibility index (Phi) is 9.84. The zero-order valence-corrected chi connectivity index (χ0v) is 23.3. The SMILES string of the molecule is CNC(=O)C(Cc1ccccc1)N(Cc1ccc(Cl)cc1)C(=O)CN(c1cc(Cl)cc(Cl)c1)S(C)(=O)=O. The molecule has 3 rings (SSSR count). The second kappa shape index (κ2) is 12.6. The molecule has 0 heterocycles. The molecule has 196 valence electrons. The van der Waals surface area contributed by atoms with Gasteiger partial charge in [-0.2, -0.15) is 0 Å². The van der Waals surface area contributed by atoms with E-state index in [0.717, 1.165) is 21.7 Å². The molecule has 7 nitrogen and oxygen atoms in total. The molecule has 0 saturated heterocycles. The first kappa shape index (κ1) is 28.8. The molecule has 0 aromatic heterocycles. The van der Waals surface area contributed by atoms with Crippen LogP contribution in [0.5, 0.6) is 0 Å². The third-order valence-electron chi connectivity index (χ3n) is 5.60. The molecule has 2 amide bonds. The first-order chi connectivity index (χ1) is 17.5. The first-order valence-corrected chi connectivity index (χ1v) is 14.2. The third-order valence-corrected chi connectivity index (χ3v) is 7.43. The molecule has 1 N–H and O–H groups in total. The van der Waals surface area contributed by atoms with Gasteiger partial charge < -0.3 is 10.2 Å². The Balaban J connectivity index is 2.03. The van der Waals surface area contributed by atoms with Crippen LogP contribution in [0.1, 0.15) is 11.1 Å². The summed E-state index contributed by atoms with van der Waals surface area (Å²) in [6, 6.07) is 19.5. The van der Waals surface area contributed by atoms with Gasteiger partial charge in [0.2, 0.25) is 21.8 Å². The summed E-state index contributed by atoms with van der Waals surface area (Å²) in [5, 5.41) is 3.58. The van der Waals surface area contributed by atoms with Crippen molar-refractivity contribution in [1.82, 2.24) is 10.2 Å². The molecule has 0 aliphatic rings. The standard InChI is InChI=1S/C26H26Cl3N3O4S/c1-30-26(34)24(12-18-6-4-3-5-7-18)31(16-19-8-10-20(27)11-9-19)25(33)17-32(37(2,35)36)23-14-21(28)13-22(29)15-23/h3-11,13-15,24H,12,16-17H2,1-2H3,(H,30,34). The molecular weight excluding hydrogens is 557 g/mol. The minimum atomic E-state index is -3.92. The second-order valence-electron chi connectivity index (χ2n) is 8.37. The van der Waals surface area contributed by atoms with E-state index in [1.54, 1.807) is 24.3 Å². The Morgan fingerprint density at radius 3 is 2.00 bits per heavy atom. The molecule has 0 aliphatic carbocycles. The summed E-state index contributed by atoms with van der Waals surface area (Å²) < 4.78 is 26.4. The Hall–Kier alpha value is -2.78. The lowest BCUT2D eigenvalue weighted by Gasteiger charge is -2.33. The van der Waals surface area contributed by atoms with Crippen molar-refractivity contribution in [2.24, 2.45) is 0 Å². The molecule has 11 heteroatoms. The van der Waals surface area contributed by atoms with E-state index in [-0.39, 0.29) is 34.6 Å². The number of hydrogen-bond donors (Lipinski definition) is 1. The van der Waals surface area contributed by atoms with Crippen LogP contribution in [0.25, 0.3) is 0 Å². The van der Waals surface area contributed by atoms with E-state index < -0.39 is 28.5 Å². The van der Waals surface area contributed by atoms with Crippen LogP contribution < -0.4 is 9.62 Å². The zero-order chi connectivity index (χ0) is 27.2. The number of benzene rings is 3. The van der Waals surface area contributed by atoms with Crippen molar-refractivity contribution < 1.29 is 18.0 Å². The number of nitrogens with one attached hydrogen (secondary N) is 1. The Labute approximate surface area is 232 Å². The predicted molar refractivity (Wildman–Crippen MR) is 149 cm³/mol. The normalized spacial score (nSPS) is 12.0. The predicted octanol–water partition coefficient (Wildman–Crippen LogP) is 4.80. The molecule has 0 fully saturated rings. The average Bonchev–Trinajstić information content (AvgIpc) is 2.84. The molecule has 3 aromatic carbocycles. The van der Waals surface area contributed by atoms with Crippen molar-refractivity contribution >= 4 is 62.3 Å². The van der Waals surface area contributed by atoms with Crippen molar-refractivity contribution in [2.75, 3.05) is 24.2 Å². The third kappa shape index (κ3) is 8.10. The van der Waals surface area contributed by atoms with Gasteiger partial charge in [0.15, 0.2) is 0 Å². The number of hydrogen-bond acceptors (Lipinski definition) is 4. The van der Waals surface area contributed by atoms with Crippen molar-refractivity contribution in [3.63, 3.8) is 0 Å². The molecule has 1 atom stereocenters. The number of amides is 2. The monoisotopic (exact) mass is 581 g/mol. The Bertz CT molecular complexity index is 1330. The van der Waals surface area contributed by atoms with Gasteiger partial charge in [0.25, 0.3) is 0 Å². The smallest absolute Gasteiger partial charge is 0.244 e. The number of halogens is 3. The molecule has 0 radical (unpaired) electrons. The number of sulfonamides is 1. The first-order valence-electron chi connectivity index (χ1n) is 11.2. The largest absolute Gasteiger partial charge is 0.357 e. The van der Waals surface area contributed by atoms with Crippen LogP contribution in [0.15, 0.2) is 72.8 Å². The average molecular weight is 583 g/mol. The summed E-state index contributed by atoms with van der Waals surface area (Å²) in [4.78, 5) is 28.2. The minimum Gasteiger partial charge on any atom is -0.357 e. The van der Waals surface area contributed by atoms with Gasteiger partial charge in [0.1, 0.15) is 12.6 Å². The summed E-state index contributed by atoms with van der Waals surface area (Å²) in [5.74, 6) is -0.969. The maximum Gasteiger partial charge on any atom is 0.244 e. The van der Waals surface area contributed by atoms with Crippen LogP contribution in [-0.2, 0) is 32.6 Å². The van der Waals surface area contributed by atoms with Crippen molar-refractivity contribution in [3.8, 4) is 0 Å². The molecule has 0 spiro atoms. The fourth-order valence-corrected chi connectivity index (χ4v) is 5.28. The Morgan fingerprint density at radius 2 is 1.46 bits per heavy atom. The molecule has 37 heavy (non-hydrogen) atoms. The molecule has 0 saturated carbocycles. The van der Waals surface area contributed by atoms with E-state index in [9.17, 15) is 18.0 Å². The lowest BCUT2D eigenvalue weighted by atomic mass is 10.0. The van der Waals surface area contributed by atoms with E-state index in [1.807, 2.05) is 30.3 Å². The number of nitrogens with zero attached hydrogens (tertiary/aromatic N) is 2. The molecule has 0 aliphatic heterocycles. The van der Waals surface area contributed by atoms with Gasteiger partial charge >= 0.3 is 0 Å². The number of carbonyl (C=O) groups is 2. The van der Waals surface area contributed by atoms with Gasteiger partial charge in [0, 0.05) is 35.1 Å². The number of rotatable bonds is 10. The van der Waals surface area contributed by atoms with E-state index >= 15 is 0 Å². The van der Waals surface area contributed by atoms with Gasteiger partial charge in [-0.05, 0) is 41.5 Å².